The van der Waals surface area contributed by atoms with E-state index in [0.29, 0.717) is 18.7 Å². The van der Waals surface area contributed by atoms with Gasteiger partial charge < -0.3 is 15.1 Å². The summed E-state index contributed by atoms with van der Waals surface area (Å²) in [6, 6.07) is 12.2. The molecule has 1 heterocycles. The van der Waals surface area contributed by atoms with Gasteiger partial charge in [-0.1, -0.05) is 24.3 Å². The Balaban J connectivity index is 1.46. The van der Waals surface area contributed by atoms with Crippen LogP contribution in [0.5, 0.6) is 0 Å². The second kappa shape index (κ2) is 8.87. The van der Waals surface area contributed by atoms with Gasteiger partial charge in [0.25, 0.3) is 0 Å². The maximum Gasteiger partial charge on any atom is 0.242 e. The lowest BCUT2D eigenvalue weighted by Gasteiger charge is -2.37. The molecule has 0 aromatic heterocycles. The van der Waals surface area contributed by atoms with Gasteiger partial charge in [-0.25, -0.2) is 4.39 Å². The van der Waals surface area contributed by atoms with E-state index in [0.717, 1.165) is 13.1 Å². The lowest BCUT2D eigenvalue weighted by Crippen LogP contribution is -2.51. The SMILES string of the molecule is Cc1cccc(N2CCN(C(=O)CNC(=O)Cc3cccc(F)c3)CC2)c1C. The first-order valence-corrected chi connectivity index (χ1v) is 9.54. The summed E-state index contributed by atoms with van der Waals surface area (Å²) in [6.45, 7) is 7.00. The average molecular weight is 383 g/mol. The molecule has 1 saturated heterocycles. The van der Waals surface area contributed by atoms with Crippen LogP contribution in [-0.4, -0.2) is 49.4 Å². The van der Waals surface area contributed by atoms with Crippen molar-refractivity contribution in [2.45, 2.75) is 20.3 Å². The number of rotatable bonds is 5. The van der Waals surface area contributed by atoms with Gasteiger partial charge in [0.15, 0.2) is 0 Å². The van der Waals surface area contributed by atoms with Crippen molar-refractivity contribution >= 4 is 17.5 Å². The van der Waals surface area contributed by atoms with E-state index in [-0.39, 0.29) is 30.6 Å². The number of aryl methyl sites for hydroxylation is 1. The first-order valence-electron chi connectivity index (χ1n) is 9.54. The molecule has 6 heteroatoms. The molecule has 2 aromatic carbocycles. The normalized spacial score (nSPS) is 14.1. The summed E-state index contributed by atoms with van der Waals surface area (Å²) in [5, 5.41) is 2.64. The third-order valence-corrected chi connectivity index (χ3v) is 5.24. The highest BCUT2D eigenvalue weighted by atomic mass is 19.1. The van der Waals surface area contributed by atoms with Crippen LogP contribution in [0.1, 0.15) is 16.7 Å². The van der Waals surface area contributed by atoms with Gasteiger partial charge in [0.05, 0.1) is 13.0 Å². The largest absolute Gasteiger partial charge is 0.368 e. The summed E-state index contributed by atoms with van der Waals surface area (Å²) in [6.07, 6.45) is 0.0610. The topological polar surface area (TPSA) is 52.6 Å². The Morgan fingerprint density at radius 3 is 2.46 bits per heavy atom. The molecule has 0 unspecified atom stereocenters. The molecule has 0 saturated carbocycles. The molecule has 0 atom stereocenters. The molecule has 3 rings (SSSR count). The average Bonchev–Trinajstić information content (AvgIpc) is 2.68. The number of hydrogen-bond acceptors (Lipinski definition) is 3. The Morgan fingerprint density at radius 1 is 1.04 bits per heavy atom. The molecule has 148 valence electrons. The van der Waals surface area contributed by atoms with Crippen LogP contribution in [-0.2, 0) is 16.0 Å². The van der Waals surface area contributed by atoms with Crippen molar-refractivity contribution < 1.29 is 14.0 Å². The predicted molar refractivity (Wildman–Crippen MR) is 108 cm³/mol. The van der Waals surface area contributed by atoms with Gasteiger partial charge in [-0.15, -0.1) is 0 Å². The Bertz CT molecular complexity index is 861. The first-order chi connectivity index (χ1) is 13.4. The molecule has 1 aliphatic rings. The van der Waals surface area contributed by atoms with Crippen molar-refractivity contribution in [2.75, 3.05) is 37.6 Å². The lowest BCUT2D eigenvalue weighted by molar-refractivity contribution is -0.133. The third kappa shape index (κ3) is 4.88. The van der Waals surface area contributed by atoms with Crippen LogP contribution in [0.2, 0.25) is 0 Å². The van der Waals surface area contributed by atoms with E-state index in [2.05, 4.69) is 42.3 Å². The maximum atomic E-state index is 13.2. The molecule has 0 aliphatic carbocycles. The second-order valence-electron chi connectivity index (χ2n) is 7.17. The van der Waals surface area contributed by atoms with Gasteiger partial charge in [0.2, 0.25) is 11.8 Å². The third-order valence-electron chi connectivity index (χ3n) is 5.24. The summed E-state index contributed by atoms with van der Waals surface area (Å²) < 4.78 is 13.2. The minimum atomic E-state index is -0.372. The molecule has 2 aromatic rings. The van der Waals surface area contributed by atoms with E-state index in [4.69, 9.17) is 0 Å². The number of carbonyl (C=O) groups excluding carboxylic acids is 2. The Hall–Kier alpha value is -2.89. The van der Waals surface area contributed by atoms with Gasteiger partial charge in [-0.05, 0) is 48.7 Å². The van der Waals surface area contributed by atoms with E-state index in [1.54, 1.807) is 17.0 Å². The highest BCUT2D eigenvalue weighted by Gasteiger charge is 2.22. The maximum absolute atomic E-state index is 13.2. The van der Waals surface area contributed by atoms with Crippen LogP contribution >= 0.6 is 0 Å². The number of halogens is 1. The molecule has 1 N–H and O–H groups in total. The van der Waals surface area contributed by atoms with Gasteiger partial charge in [-0.2, -0.15) is 0 Å². The molecule has 5 nitrogen and oxygen atoms in total. The van der Waals surface area contributed by atoms with Crippen molar-refractivity contribution in [3.8, 4) is 0 Å². The number of amides is 2. The van der Waals surface area contributed by atoms with Crippen LogP contribution < -0.4 is 10.2 Å². The van der Waals surface area contributed by atoms with Crippen LogP contribution in [0.15, 0.2) is 42.5 Å². The molecule has 0 spiro atoms. The van der Waals surface area contributed by atoms with Crippen molar-refractivity contribution in [3.63, 3.8) is 0 Å². The van der Waals surface area contributed by atoms with E-state index < -0.39 is 0 Å². The van der Waals surface area contributed by atoms with Gasteiger partial charge >= 0.3 is 0 Å². The number of benzene rings is 2. The van der Waals surface area contributed by atoms with Crippen LogP contribution in [0.25, 0.3) is 0 Å². The summed E-state index contributed by atoms with van der Waals surface area (Å²) in [4.78, 5) is 28.5. The number of nitrogens with zero attached hydrogens (tertiary/aromatic N) is 2. The van der Waals surface area contributed by atoms with Crippen molar-refractivity contribution in [2.24, 2.45) is 0 Å². The standard InChI is InChI=1S/C22H26FN3O2/c1-16-5-3-8-20(17(16)2)25-9-11-26(12-10-25)22(28)15-24-21(27)14-18-6-4-7-19(23)13-18/h3-8,13H,9-12,14-15H2,1-2H3,(H,24,27). The lowest BCUT2D eigenvalue weighted by atomic mass is 10.1. The second-order valence-corrected chi connectivity index (χ2v) is 7.17. The molecule has 28 heavy (non-hydrogen) atoms. The molecular weight excluding hydrogens is 357 g/mol. The van der Waals surface area contributed by atoms with E-state index in [1.807, 2.05) is 0 Å². The number of piperazine rings is 1. The molecule has 2 amide bonds. The van der Waals surface area contributed by atoms with E-state index >= 15 is 0 Å². The zero-order chi connectivity index (χ0) is 20.1. The summed E-state index contributed by atoms with van der Waals surface area (Å²) in [5.41, 5.74) is 4.34. The van der Waals surface area contributed by atoms with Gasteiger partial charge in [0, 0.05) is 31.9 Å². The van der Waals surface area contributed by atoms with E-state index in [1.165, 1.54) is 28.9 Å². The monoisotopic (exact) mass is 383 g/mol. The summed E-state index contributed by atoms with van der Waals surface area (Å²) in [5.74, 6) is -0.746. The minimum Gasteiger partial charge on any atom is -0.368 e. The number of anilines is 1. The summed E-state index contributed by atoms with van der Waals surface area (Å²) >= 11 is 0. The minimum absolute atomic E-state index is 0.0301. The Kier molecular flexibility index (Phi) is 6.29. The fourth-order valence-corrected chi connectivity index (χ4v) is 3.46. The molecule has 1 fully saturated rings. The van der Waals surface area contributed by atoms with Crippen LogP contribution in [0.3, 0.4) is 0 Å². The van der Waals surface area contributed by atoms with E-state index in [9.17, 15) is 14.0 Å². The molecular formula is C22H26FN3O2. The van der Waals surface area contributed by atoms with Crippen molar-refractivity contribution in [1.29, 1.82) is 0 Å². The smallest absolute Gasteiger partial charge is 0.242 e. The highest BCUT2D eigenvalue weighted by Crippen LogP contribution is 2.23. The van der Waals surface area contributed by atoms with Gasteiger partial charge in [-0.3, -0.25) is 9.59 Å². The number of nitrogens with one attached hydrogen (secondary N) is 1. The predicted octanol–water partition coefficient (Wildman–Crippen LogP) is 2.45. The molecule has 0 bridgehead atoms. The zero-order valence-corrected chi connectivity index (χ0v) is 16.4. The Morgan fingerprint density at radius 2 is 1.75 bits per heavy atom. The van der Waals surface area contributed by atoms with Gasteiger partial charge in [0.1, 0.15) is 5.82 Å². The summed E-state index contributed by atoms with van der Waals surface area (Å²) in [7, 11) is 0. The molecule has 0 radical (unpaired) electrons. The number of carbonyl (C=O) groups is 2. The van der Waals surface area contributed by atoms with Crippen molar-refractivity contribution in [3.05, 3.63) is 65.0 Å². The van der Waals surface area contributed by atoms with Crippen LogP contribution in [0, 0.1) is 19.7 Å². The quantitative estimate of drug-likeness (QED) is 0.863. The first kappa shape index (κ1) is 19.9. The van der Waals surface area contributed by atoms with Crippen LogP contribution in [0.4, 0.5) is 10.1 Å². The Labute approximate surface area is 165 Å². The highest BCUT2D eigenvalue weighted by molar-refractivity contribution is 5.85. The molecule has 1 aliphatic heterocycles. The fourth-order valence-electron chi connectivity index (χ4n) is 3.46. The fraction of sp³-hybridized carbons (Fsp3) is 0.364. The number of hydrogen-bond donors (Lipinski definition) is 1. The van der Waals surface area contributed by atoms with Crippen molar-refractivity contribution in [1.82, 2.24) is 10.2 Å². The zero-order valence-electron chi connectivity index (χ0n) is 16.4.